The van der Waals surface area contributed by atoms with Crippen molar-refractivity contribution in [2.75, 3.05) is 19.4 Å². The Morgan fingerprint density at radius 3 is 2.31 bits per heavy atom. The Balaban J connectivity index is 1.60. The van der Waals surface area contributed by atoms with Gasteiger partial charge in [-0.3, -0.25) is 4.79 Å². The molecule has 1 aliphatic carbocycles. The van der Waals surface area contributed by atoms with Gasteiger partial charge in [-0.2, -0.15) is 0 Å². The van der Waals surface area contributed by atoms with Crippen LogP contribution in [0.25, 0.3) is 0 Å². The van der Waals surface area contributed by atoms with E-state index in [0.717, 1.165) is 36.8 Å². The molecule has 3 rings (SSSR count). The van der Waals surface area contributed by atoms with E-state index in [1.54, 1.807) is 12.1 Å². The third kappa shape index (κ3) is 4.99. The van der Waals surface area contributed by atoms with Gasteiger partial charge < -0.3 is 10.1 Å². The first-order valence-corrected chi connectivity index (χ1v) is 12.0. The summed E-state index contributed by atoms with van der Waals surface area (Å²) in [5.74, 6) is 0.653. The number of rotatable bonds is 7. The fourth-order valence-corrected chi connectivity index (χ4v) is 4.80. The van der Waals surface area contributed by atoms with Crippen molar-refractivity contribution in [1.82, 2.24) is 5.32 Å². The number of sulfone groups is 1. The normalized spacial score (nSPS) is 16.2. The molecule has 6 heteroatoms. The van der Waals surface area contributed by atoms with E-state index < -0.39 is 15.3 Å². The van der Waals surface area contributed by atoms with Crippen molar-refractivity contribution in [3.8, 4) is 5.75 Å². The number of carbonyl (C=O) groups excluding carboxylic acids is 1. The maximum atomic E-state index is 13.2. The maximum Gasteiger partial charge on any atom is 0.230 e. The molecule has 0 spiro atoms. The zero-order valence-corrected chi connectivity index (χ0v) is 17.9. The molecule has 5 nitrogen and oxygen atoms in total. The Bertz CT molecular complexity index is 945. The molecule has 0 radical (unpaired) electrons. The van der Waals surface area contributed by atoms with Crippen LogP contribution in [0.15, 0.2) is 53.4 Å². The van der Waals surface area contributed by atoms with Gasteiger partial charge >= 0.3 is 0 Å². The SMILES string of the molecule is Cc1ccccc1C1(C(=O)NCCOc2ccc(S(C)(=O)=O)cc2)CCCCC1. The zero-order chi connectivity index (χ0) is 20.9. The third-order valence-electron chi connectivity index (χ3n) is 5.71. The summed E-state index contributed by atoms with van der Waals surface area (Å²) in [6.07, 6.45) is 6.21. The molecule has 0 atom stereocenters. The van der Waals surface area contributed by atoms with Crippen LogP contribution in [0.4, 0.5) is 0 Å². The second kappa shape index (κ2) is 8.99. The number of hydrogen-bond acceptors (Lipinski definition) is 4. The van der Waals surface area contributed by atoms with E-state index in [1.165, 1.54) is 24.8 Å². The quantitative estimate of drug-likeness (QED) is 0.698. The first-order valence-electron chi connectivity index (χ1n) is 10.1. The van der Waals surface area contributed by atoms with Crippen molar-refractivity contribution >= 4 is 15.7 Å². The summed E-state index contributed by atoms with van der Waals surface area (Å²) in [5.41, 5.74) is 1.84. The smallest absolute Gasteiger partial charge is 0.230 e. The van der Waals surface area contributed by atoms with Crippen molar-refractivity contribution in [2.24, 2.45) is 0 Å². The summed E-state index contributed by atoms with van der Waals surface area (Å²) >= 11 is 0. The molecule has 1 saturated carbocycles. The van der Waals surface area contributed by atoms with Crippen molar-refractivity contribution in [1.29, 1.82) is 0 Å². The summed E-state index contributed by atoms with van der Waals surface area (Å²) < 4.78 is 28.7. The average Bonchev–Trinajstić information content (AvgIpc) is 2.71. The van der Waals surface area contributed by atoms with Crippen LogP contribution in [0.2, 0.25) is 0 Å². The highest BCUT2D eigenvalue weighted by atomic mass is 32.2. The second-order valence-corrected chi connectivity index (χ2v) is 9.82. The number of aryl methyl sites for hydroxylation is 1. The van der Waals surface area contributed by atoms with Gasteiger partial charge in [-0.25, -0.2) is 8.42 Å². The van der Waals surface area contributed by atoms with Crippen LogP contribution in [-0.2, 0) is 20.0 Å². The van der Waals surface area contributed by atoms with E-state index in [2.05, 4.69) is 24.4 Å². The molecular weight excluding hydrogens is 386 g/mol. The number of carbonyl (C=O) groups is 1. The molecule has 0 saturated heterocycles. The molecule has 2 aromatic carbocycles. The number of ether oxygens (including phenoxy) is 1. The van der Waals surface area contributed by atoms with Crippen molar-refractivity contribution in [3.63, 3.8) is 0 Å². The molecule has 0 bridgehead atoms. The first kappa shape index (κ1) is 21.4. The first-order chi connectivity index (χ1) is 13.8. The molecule has 0 heterocycles. The summed E-state index contributed by atoms with van der Waals surface area (Å²) in [6.45, 7) is 2.80. The summed E-state index contributed by atoms with van der Waals surface area (Å²) in [6, 6.07) is 14.5. The highest BCUT2D eigenvalue weighted by Gasteiger charge is 2.41. The Hall–Kier alpha value is -2.34. The Morgan fingerprint density at radius 2 is 1.69 bits per heavy atom. The van der Waals surface area contributed by atoms with E-state index in [0.29, 0.717) is 18.9 Å². The zero-order valence-electron chi connectivity index (χ0n) is 17.1. The van der Waals surface area contributed by atoms with Crippen molar-refractivity contribution < 1.29 is 17.9 Å². The van der Waals surface area contributed by atoms with Gasteiger partial charge in [0.05, 0.1) is 16.9 Å². The lowest BCUT2D eigenvalue weighted by atomic mass is 9.67. The third-order valence-corrected chi connectivity index (χ3v) is 6.84. The minimum absolute atomic E-state index is 0.0718. The monoisotopic (exact) mass is 415 g/mol. The summed E-state index contributed by atoms with van der Waals surface area (Å²) in [5, 5.41) is 3.06. The molecule has 0 aromatic heterocycles. The van der Waals surface area contributed by atoms with Crippen LogP contribution in [0.5, 0.6) is 5.75 Å². The number of benzene rings is 2. The van der Waals surface area contributed by atoms with Crippen LogP contribution in [0.3, 0.4) is 0 Å². The Labute approximate surface area is 173 Å². The number of nitrogens with one attached hydrogen (secondary N) is 1. The van der Waals surface area contributed by atoms with Gasteiger partial charge in [-0.15, -0.1) is 0 Å². The van der Waals surface area contributed by atoms with Crippen LogP contribution in [-0.4, -0.2) is 33.7 Å². The largest absolute Gasteiger partial charge is 0.492 e. The van der Waals surface area contributed by atoms with E-state index in [9.17, 15) is 13.2 Å². The standard InChI is InChI=1S/C23H29NO4S/c1-18-8-4-5-9-21(18)23(14-6-3-7-15-23)22(25)24-16-17-28-19-10-12-20(13-11-19)29(2,26)27/h4-5,8-13H,3,6-7,14-17H2,1-2H3,(H,24,25). The predicted octanol–water partition coefficient (Wildman–Crippen LogP) is 3.80. The summed E-state index contributed by atoms with van der Waals surface area (Å²) in [7, 11) is -3.22. The van der Waals surface area contributed by atoms with Crippen LogP contribution >= 0.6 is 0 Å². The molecule has 0 aliphatic heterocycles. The molecule has 2 aromatic rings. The lowest BCUT2D eigenvalue weighted by molar-refractivity contribution is -0.128. The lowest BCUT2D eigenvalue weighted by Gasteiger charge is -2.37. The maximum absolute atomic E-state index is 13.2. The topological polar surface area (TPSA) is 72.5 Å². The van der Waals surface area contributed by atoms with Gasteiger partial charge in [0.2, 0.25) is 5.91 Å². The molecule has 1 N–H and O–H groups in total. The van der Waals surface area contributed by atoms with E-state index in [1.807, 2.05) is 12.1 Å². The molecule has 1 aliphatic rings. The fourth-order valence-electron chi connectivity index (χ4n) is 4.17. The molecule has 1 amide bonds. The molecular formula is C23H29NO4S. The van der Waals surface area contributed by atoms with Gasteiger partial charge in [-0.05, 0) is 55.2 Å². The summed E-state index contributed by atoms with van der Waals surface area (Å²) in [4.78, 5) is 13.5. The lowest BCUT2D eigenvalue weighted by Crippen LogP contribution is -2.47. The molecule has 29 heavy (non-hydrogen) atoms. The van der Waals surface area contributed by atoms with Crippen LogP contribution in [0, 0.1) is 6.92 Å². The van der Waals surface area contributed by atoms with E-state index in [-0.39, 0.29) is 10.8 Å². The highest BCUT2D eigenvalue weighted by Crippen LogP contribution is 2.41. The minimum Gasteiger partial charge on any atom is -0.492 e. The molecule has 156 valence electrons. The van der Waals surface area contributed by atoms with E-state index in [4.69, 9.17) is 4.74 Å². The van der Waals surface area contributed by atoms with Gasteiger partial charge in [0.1, 0.15) is 12.4 Å². The fraction of sp³-hybridized carbons (Fsp3) is 0.435. The van der Waals surface area contributed by atoms with Gasteiger partial charge in [0.25, 0.3) is 0 Å². The van der Waals surface area contributed by atoms with Crippen molar-refractivity contribution in [2.45, 2.75) is 49.3 Å². The highest BCUT2D eigenvalue weighted by molar-refractivity contribution is 7.90. The van der Waals surface area contributed by atoms with Gasteiger partial charge in [-0.1, -0.05) is 43.5 Å². The Kier molecular flexibility index (Phi) is 6.63. The van der Waals surface area contributed by atoms with Gasteiger partial charge in [0, 0.05) is 6.26 Å². The van der Waals surface area contributed by atoms with Gasteiger partial charge in [0.15, 0.2) is 9.84 Å². The van der Waals surface area contributed by atoms with Crippen LogP contribution in [0.1, 0.15) is 43.2 Å². The van der Waals surface area contributed by atoms with Crippen molar-refractivity contribution in [3.05, 3.63) is 59.7 Å². The second-order valence-electron chi connectivity index (χ2n) is 7.81. The molecule has 1 fully saturated rings. The molecule has 0 unspecified atom stereocenters. The average molecular weight is 416 g/mol. The number of hydrogen-bond donors (Lipinski definition) is 1. The van der Waals surface area contributed by atoms with E-state index >= 15 is 0 Å². The minimum atomic E-state index is -3.22. The predicted molar refractivity (Wildman–Crippen MR) is 114 cm³/mol. The number of amides is 1. The van der Waals surface area contributed by atoms with Crippen LogP contribution < -0.4 is 10.1 Å². The Morgan fingerprint density at radius 1 is 1.03 bits per heavy atom.